The highest BCUT2D eigenvalue weighted by atomic mass is 16.2. The molecule has 0 saturated carbocycles. The molecule has 4 rings (SSSR count). The van der Waals surface area contributed by atoms with Gasteiger partial charge in [-0.25, -0.2) is 14.8 Å². The number of nitrogens with one attached hydrogen (secondary N) is 1. The monoisotopic (exact) mass is 381 g/mol. The zero-order valence-electron chi connectivity index (χ0n) is 16.0. The molecule has 10 heteroatoms. The standard InChI is InChI=1S/C18H19N7O3/c1-5-24-11-8-10-12(25(6-2)15(21-10)16(26)19-3)7-9(11)20-13-14(24)22-18(28)23(4)17(13)27/h7-8H,5-6H2,1-4H3,(H,19,26). The van der Waals surface area contributed by atoms with Crippen LogP contribution < -0.4 is 16.6 Å². The third-order valence-electron chi connectivity index (χ3n) is 4.89. The molecule has 10 nitrogen and oxygen atoms in total. The van der Waals surface area contributed by atoms with Gasteiger partial charge in [-0.3, -0.25) is 14.2 Å². The third kappa shape index (κ3) is 2.34. The lowest BCUT2D eigenvalue weighted by atomic mass is 10.2. The zero-order chi connectivity index (χ0) is 20.2. The van der Waals surface area contributed by atoms with Gasteiger partial charge in [0.1, 0.15) is 0 Å². The number of aromatic nitrogens is 6. The molecular weight excluding hydrogens is 362 g/mol. The minimum Gasteiger partial charge on any atom is -0.352 e. The van der Waals surface area contributed by atoms with Gasteiger partial charge in [0.25, 0.3) is 11.5 Å². The number of nitrogens with zero attached hydrogens (tertiary/aromatic N) is 6. The molecule has 0 bridgehead atoms. The van der Waals surface area contributed by atoms with Crippen LogP contribution in [0.2, 0.25) is 0 Å². The van der Waals surface area contributed by atoms with Gasteiger partial charge in [0.2, 0.25) is 0 Å². The molecule has 0 saturated heterocycles. The molecule has 2 aromatic rings. The highest BCUT2D eigenvalue weighted by molar-refractivity contribution is 5.98. The molecule has 1 amide bonds. The predicted molar refractivity (Wildman–Crippen MR) is 104 cm³/mol. The fraction of sp³-hybridized carbons (Fsp3) is 0.333. The van der Waals surface area contributed by atoms with Crippen molar-refractivity contribution in [2.45, 2.75) is 26.9 Å². The van der Waals surface area contributed by atoms with Crippen molar-refractivity contribution >= 4 is 28.0 Å². The molecule has 0 fully saturated rings. The summed E-state index contributed by atoms with van der Waals surface area (Å²) in [6, 6.07) is 3.62. The summed E-state index contributed by atoms with van der Waals surface area (Å²) < 4.78 is 4.51. The summed E-state index contributed by atoms with van der Waals surface area (Å²) >= 11 is 0. The van der Waals surface area contributed by atoms with Crippen LogP contribution in [0.25, 0.3) is 33.6 Å². The second kappa shape index (κ2) is 6.25. The first-order valence-electron chi connectivity index (χ1n) is 8.94. The van der Waals surface area contributed by atoms with E-state index in [1.165, 1.54) is 7.05 Å². The molecule has 0 radical (unpaired) electrons. The van der Waals surface area contributed by atoms with Crippen molar-refractivity contribution in [1.82, 2.24) is 34.0 Å². The quantitative estimate of drug-likeness (QED) is 0.512. The number of imidazole rings is 1. The molecule has 1 N–H and O–H groups in total. The highest BCUT2D eigenvalue weighted by Gasteiger charge is 2.22. The second-order valence-electron chi connectivity index (χ2n) is 6.38. The maximum atomic E-state index is 12.6. The summed E-state index contributed by atoms with van der Waals surface area (Å²) in [5.41, 5.74) is 1.64. The largest absolute Gasteiger partial charge is 0.352 e. The summed E-state index contributed by atoms with van der Waals surface area (Å²) in [7, 11) is 2.93. The number of aryl methyl sites for hydroxylation is 2. The van der Waals surface area contributed by atoms with Gasteiger partial charge in [0.15, 0.2) is 17.3 Å². The van der Waals surface area contributed by atoms with Crippen molar-refractivity contribution in [2.24, 2.45) is 7.05 Å². The number of rotatable bonds is 3. The van der Waals surface area contributed by atoms with Gasteiger partial charge in [-0.15, -0.1) is 0 Å². The maximum Gasteiger partial charge on any atom is 0.352 e. The van der Waals surface area contributed by atoms with Crippen molar-refractivity contribution in [3.63, 3.8) is 0 Å². The van der Waals surface area contributed by atoms with Gasteiger partial charge in [0, 0.05) is 27.2 Å². The number of hydrogen-bond donors (Lipinski definition) is 1. The number of hydrogen-bond acceptors (Lipinski definition) is 6. The first-order valence-corrected chi connectivity index (χ1v) is 8.94. The van der Waals surface area contributed by atoms with E-state index in [0.29, 0.717) is 35.5 Å². The van der Waals surface area contributed by atoms with E-state index in [9.17, 15) is 14.4 Å². The third-order valence-corrected chi connectivity index (χ3v) is 4.89. The fourth-order valence-electron chi connectivity index (χ4n) is 3.46. The van der Waals surface area contributed by atoms with Crippen LogP contribution in [-0.2, 0) is 20.1 Å². The van der Waals surface area contributed by atoms with E-state index in [1.54, 1.807) is 16.2 Å². The fourth-order valence-corrected chi connectivity index (χ4v) is 3.46. The Balaban J connectivity index is 2.19. The molecule has 144 valence electrons. The molecule has 1 aromatic carbocycles. The van der Waals surface area contributed by atoms with Crippen LogP contribution in [0.4, 0.5) is 0 Å². The van der Waals surface area contributed by atoms with E-state index >= 15 is 0 Å². The van der Waals surface area contributed by atoms with Crippen molar-refractivity contribution in [2.75, 3.05) is 7.05 Å². The molecule has 0 aliphatic carbocycles. The van der Waals surface area contributed by atoms with Gasteiger partial charge in [-0.2, -0.15) is 4.98 Å². The SMILES string of the molecule is CCn1c(C(=O)NC)nc2cc3c(cc21)nc1c(=O)n(C)c(=O)nc-1n3CC. The number of carbonyl (C=O) groups is 1. The summed E-state index contributed by atoms with van der Waals surface area (Å²) in [6.45, 7) is 4.85. The van der Waals surface area contributed by atoms with Crippen LogP contribution in [0.15, 0.2) is 21.7 Å². The van der Waals surface area contributed by atoms with Crippen LogP contribution in [0, 0.1) is 0 Å². The van der Waals surface area contributed by atoms with E-state index in [2.05, 4.69) is 20.3 Å². The Labute approximate surface area is 158 Å². The summed E-state index contributed by atoms with van der Waals surface area (Å²) in [6.07, 6.45) is 0. The van der Waals surface area contributed by atoms with Crippen LogP contribution in [-0.4, -0.2) is 41.6 Å². The Morgan fingerprint density at radius 1 is 1.00 bits per heavy atom. The normalized spacial score (nSPS) is 11.6. The Hall–Kier alpha value is -3.56. The first kappa shape index (κ1) is 17.8. The van der Waals surface area contributed by atoms with Gasteiger partial charge in [-0.05, 0) is 26.0 Å². The maximum absolute atomic E-state index is 12.6. The molecule has 28 heavy (non-hydrogen) atoms. The molecule has 0 atom stereocenters. The number of fused-ring (bicyclic) bond motifs is 3. The van der Waals surface area contributed by atoms with Crippen LogP contribution in [0.3, 0.4) is 0 Å². The number of amides is 1. The molecule has 3 heterocycles. The van der Waals surface area contributed by atoms with Gasteiger partial charge in [-0.1, -0.05) is 0 Å². The van der Waals surface area contributed by atoms with Gasteiger partial charge < -0.3 is 14.5 Å². The molecule has 0 spiro atoms. The van der Waals surface area contributed by atoms with Crippen LogP contribution in [0.5, 0.6) is 0 Å². The molecule has 2 aliphatic rings. The molecule has 0 unspecified atom stereocenters. The Morgan fingerprint density at radius 3 is 2.21 bits per heavy atom. The average Bonchev–Trinajstić information content (AvgIpc) is 3.06. The average molecular weight is 381 g/mol. The molecule has 2 aliphatic heterocycles. The van der Waals surface area contributed by atoms with E-state index in [4.69, 9.17) is 0 Å². The topological polar surface area (TPSA) is 117 Å². The van der Waals surface area contributed by atoms with Gasteiger partial charge >= 0.3 is 5.69 Å². The Kier molecular flexibility index (Phi) is 3.98. The van der Waals surface area contributed by atoms with E-state index in [0.717, 1.165) is 10.1 Å². The summed E-state index contributed by atoms with van der Waals surface area (Å²) in [4.78, 5) is 49.8. The van der Waals surface area contributed by atoms with E-state index in [-0.39, 0.29) is 17.4 Å². The lowest BCUT2D eigenvalue weighted by Gasteiger charge is -2.16. The van der Waals surface area contributed by atoms with E-state index in [1.807, 2.05) is 26.0 Å². The summed E-state index contributed by atoms with van der Waals surface area (Å²) in [5, 5.41) is 2.60. The van der Waals surface area contributed by atoms with Crippen LogP contribution in [0.1, 0.15) is 24.5 Å². The smallest absolute Gasteiger partial charge is 0.352 e. The number of benzene rings is 1. The Morgan fingerprint density at radius 2 is 1.61 bits per heavy atom. The summed E-state index contributed by atoms with van der Waals surface area (Å²) in [5.74, 6) is 0.262. The van der Waals surface area contributed by atoms with Gasteiger partial charge in [0.05, 0.1) is 22.1 Å². The van der Waals surface area contributed by atoms with E-state index < -0.39 is 11.2 Å². The van der Waals surface area contributed by atoms with Crippen molar-refractivity contribution in [1.29, 1.82) is 0 Å². The zero-order valence-corrected chi connectivity index (χ0v) is 16.0. The van der Waals surface area contributed by atoms with Crippen LogP contribution >= 0.6 is 0 Å². The van der Waals surface area contributed by atoms with Crippen molar-refractivity contribution < 1.29 is 4.79 Å². The van der Waals surface area contributed by atoms with Crippen molar-refractivity contribution in [3.05, 3.63) is 38.8 Å². The minimum atomic E-state index is -0.626. The molecule has 1 aromatic heterocycles. The lowest BCUT2D eigenvalue weighted by Crippen LogP contribution is -2.36. The second-order valence-corrected chi connectivity index (χ2v) is 6.38. The van der Waals surface area contributed by atoms with Crippen molar-refractivity contribution in [3.8, 4) is 11.5 Å². The minimum absolute atomic E-state index is 0.130. The highest BCUT2D eigenvalue weighted by Crippen LogP contribution is 2.26. The number of carbonyl (C=O) groups excluding carboxylic acids is 1. The Bertz CT molecular complexity index is 1350. The predicted octanol–water partition coefficient (Wildman–Crippen LogP) is 0.344. The lowest BCUT2D eigenvalue weighted by molar-refractivity contribution is 0.0949. The molecular formula is C18H19N7O3. The first-order chi connectivity index (χ1) is 13.4.